The molecule has 1 aromatic rings. The van der Waals surface area contributed by atoms with Crippen LogP contribution in [-0.2, 0) is 6.18 Å². The highest BCUT2D eigenvalue weighted by Crippen LogP contribution is 2.37. The second-order valence-corrected chi connectivity index (χ2v) is 3.78. The maximum Gasteiger partial charge on any atom is 0.419 e. The molecule has 0 aliphatic heterocycles. The Hall–Kier alpha value is -0.800. The monoisotopic (exact) mass is 351 g/mol. The van der Waals surface area contributed by atoms with E-state index in [4.69, 9.17) is 0 Å². The second kappa shape index (κ2) is 4.60. The number of halogens is 6. The number of hydrogen-bond acceptors (Lipinski definition) is 2. The first kappa shape index (κ1) is 13.3. The van der Waals surface area contributed by atoms with Crippen LogP contribution in [0.3, 0.4) is 0 Å². The lowest BCUT2D eigenvalue weighted by Crippen LogP contribution is -2.15. The van der Waals surface area contributed by atoms with Gasteiger partial charge in [-0.05, 0) is 22.6 Å². The van der Waals surface area contributed by atoms with E-state index in [9.17, 15) is 26.7 Å². The lowest BCUT2D eigenvalue weighted by Gasteiger charge is -2.13. The van der Waals surface area contributed by atoms with E-state index in [-0.39, 0.29) is 6.29 Å². The van der Waals surface area contributed by atoms with E-state index >= 15 is 0 Å². The molecule has 0 aliphatic carbocycles. The Bertz CT molecular complexity index is 418. The van der Waals surface area contributed by atoms with E-state index in [0.29, 0.717) is 6.20 Å². The first-order valence-electron chi connectivity index (χ1n) is 3.78. The van der Waals surface area contributed by atoms with Crippen molar-refractivity contribution in [3.8, 4) is 0 Å². The fraction of sp³-hybridized carbons (Fsp3) is 0.250. The van der Waals surface area contributed by atoms with Crippen LogP contribution in [0.4, 0.5) is 22.0 Å². The van der Waals surface area contributed by atoms with Gasteiger partial charge in [-0.1, -0.05) is 0 Å². The summed E-state index contributed by atoms with van der Waals surface area (Å²) in [6, 6.07) is 0. The Morgan fingerprint density at radius 3 is 2.31 bits per heavy atom. The number of nitrogens with zero attached hydrogens (tertiary/aromatic N) is 1. The SMILES string of the molecule is O=Cc1ncc(C(F)F)c(I)c1C(F)(F)F. The van der Waals surface area contributed by atoms with Crippen molar-refractivity contribution in [1.29, 1.82) is 0 Å². The van der Waals surface area contributed by atoms with Gasteiger partial charge in [0.05, 0.1) is 11.1 Å². The van der Waals surface area contributed by atoms with E-state index in [1.807, 2.05) is 0 Å². The third-order valence-corrected chi connectivity index (χ3v) is 2.86. The van der Waals surface area contributed by atoms with Crippen molar-refractivity contribution >= 4 is 28.9 Å². The zero-order chi connectivity index (χ0) is 12.5. The van der Waals surface area contributed by atoms with Gasteiger partial charge in [-0.2, -0.15) is 13.2 Å². The summed E-state index contributed by atoms with van der Waals surface area (Å²) in [4.78, 5) is 13.4. The molecule has 0 atom stereocenters. The number of alkyl halides is 5. The van der Waals surface area contributed by atoms with Crippen molar-refractivity contribution in [3.05, 3.63) is 26.6 Å². The average Bonchev–Trinajstić information content (AvgIpc) is 2.14. The lowest BCUT2D eigenvalue weighted by atomic mass is 10.1. The summed E-state index contributed by atoms with van der Waals surface area (Å²) in [5, 5.41) is 0. The van der Waals surface area contributed by atoms with E-state index in [1.54, 1.807) is 0 Å². The van der Waals surface area contributed by atoms with Crippen LogP contribution in [0, 0.1) is 3.57 Å². The van der Waals surface area contributed by atoms with Crippen LogP contribution in [0.15, 0.2) is 6.20 Å². The summed E-state index contributed by atoms with van der Waals surface area (Å²) in [6.45, 7) is 0. The highest BCUT2D eigenvalue weighted by Gasteiger charge is 2.38. The second-order valence-electron chi connectivity index (χ2n) is 2.70. The molecule has 1 aromatic heterocycles. The van der Waals surface area contributed by atoms with Gasteiger partial charge >= 0.3 is 6.18 Å². The Balaban J connectivity index is 3.53. The molecule has 16 heavy (non-hydrogen) atoms. The Labute approximate surface area is 100.0 Å². The molecule has 0 fully saturated rings. The van der Waals surface area contributed by atoms with Gasteiger partial charge in [0.2, 0.25) is 0 Å². The molecular formula is C8H3F5INO. The van der Waals surface area contributed by atoms with E-state index in [0.717, 1.165) is 22.6 Å². The minimum absolute atomic E-state index is 0.111. The number of aldehydes is 1. The quantitative estimate of drug-likeness (QED) is 0.464. The average molecular weight is 351 g/mol. The third kappa shape index (κ3) is 2.47. The van der Waals surface area contributed by atoms with Crippen LogP contribution in [0.1, 0.15) is 28.0 Å². The predicted molar refractivity (Wildman–Crippen MR) is 52.3 cm³/mol. The highest BCUT2D eigenvalue weighted by atomic mass is 127. The van der Waals surface area contributed by atoms with Crippen LogP contribution in [0.25, 0.3) is 0 Å². The summed E-state index contributed by atoms with van der Waals surface area (Å²) >= 11 is 1.13. The number of pyridine rings is 1. The lowest BCUT2D eigenvalue weighted by molar-refractivity contribution is -0.138. The fourth-order valence-corrected chi connectivity index (χ4v) is 1.99. The highest BCUT2D eigenvalue weighted by molar-refractivity contribution is 14.1. The fourth-order valence-electron chi connectivity index (χ4n) is 1.03. The van der Waals surface area contributed by atoms with Crippen molar-refractivity contribution in [2.75, 3.05) is 0 Å². The van der Waals surface area contributed by atoms with Crippen LogP contribution in [-0.4, -0.2) is 11.3 Å². The van der Waals surface area contributed by atoms with Crippen molar-refractivity contribution in [2.24, 2.45) is 0 Å². The van der Waals surface area contributed by atoms with Gasteiger partial charge in [0, 0.05) is 9.77 Å². The molecule has 0 bridgehead atoms. The number of carbonyl (C=O) groups is 1. The van der Waals surface area contributed by atoms with E-state index < -0.39 is 33.0 Å². The van der Waals surface area contributed by atoms with Gasteiger partial charge in [-0.25, -0.2) is 8.78 Å². The zero-order valence-electron chi connectivity index (χ0n) is 7.36. The minimum atomic E-state index is -4.88. The topological polar surface area (TPSA) is 30.0 Å². The smallest absolute Gasteiger partial charge is 0.296 e. The van der Waals surface area contributed by atoms with Crippen molar-refractivity contribution in [2.45, 2.75) is 12.6 Å². The van der Waals surface area contributed by atoms with Crippen molar-refractivity contribution in [3.63, 3.8) is 0 Å². The molecule has 0 unspecified atom stereocenters. The number of aromatic nitrogens is 1. The zero-order valence-corrected chi connectivity index (χ0v) is 9.51. The van der Waals surface area contributed by atoms with Gasteiger partial charge < -0.3 is 0 Å². The van der Waals surface area contributed by atoms with Crippen LogP contribution >= 0.6 is 22.6 Å². The molecule has 0 spiro atoms. The summed E-state index contributed by atoms with van der Waals surface area (Å²) in [5.74, 6) is 0. The summed E-state index contributed by atoms with van der Waals surface area (Å²) in [6.07, 6.45) is -7.49. The summed E-state index contributed by atoms with van der Waals surface area (Å²) in [5.41, 5.74) is -3.14. The van der Waals surface area contributed by atoms with Gasteiger partial charge in [0.1, 0.15) is 5.69 Å². The van der Waals surface area contributed by atoms with Gasteiger partial charge in [-0.15, -0.1) is 0 Å². The Kier molecular flexibility index (Phi) is 3.81. The molecular weight excluding hydrogens is 348 g/mol. The van der Waals surface area contributed by atoms with Gasteiger partial charge in [0.15, 0.2) is 6.29 Å². The molecule has 0 aromatic carbocycles. The number of hydrogen-bond donors (Lipinski definition) is 0. The molecule has 0 radical (unpaired) electrons. The summed E-state index contributed by atoms with van der Waals surface area (Å²) in [7, 11) is 0. The molecule has 0 saturated heterocycles. The molecule has 1 rings (SSSR count). The van der Waals surface area contributed by atoms with E-state index in [2.05, 4.69) is 4.98 Å². The van der Waals surface area contributed by atoms with Crippen molar-refractivity contribution < 1.29 is 26.7 Å². The first-order chi connectivity index (χ1) is 7.29. The largest absolute Gasteiger partial charge is 0.419 e. The molecule has 0 saturated carbocycles. The normalized spacial score (nSPS) is 11.9. The summed E-state index contributed by atoms with van der Waals surface area (Å²) < 4.78 is 61.4. The molecule has 0 N–H and O–H groups in total. The molecule has 8 heteroatoms. The first-order valence-corrected chi connectivity index (χ1v) is 4.85. The molecule has 88 valence electrons. The molecule has 1 heterocycles. The number of carbonyl (C=O) groups excluding carboxylic acids is 1. The van der Waals surface area contributed by atoms with Crippen LogP contribution in [0.2, 0.25) is 0 Å². The standard InChI is InChI=1S/C8H3F5INO/c9-7(10)3-1-15-4(2-16)5(6(3)14)8(11,12)13/h1-2,7H. The van der Waals surface area contributed by atoms with Crippen molar-refractivity contribution in [1.82, 2.24) is 4.98 Å². The molecule has 0 amide bonds. The molecule has 2 nitrogen and oxygen atoms in total. The van der Waals surface area contributed by atoms with E-state index in [1.165, 1.54) is 0 Å². The van der Waals surface area contributed by atoms with Gasteiger partial charge in [-0.3, -0.25) is 9.78 Å². The Morgan fingerprint density at radius 2 is 1.94 bits per heavy atom. The predicted octanol–water partition coefficient (Wildman–Crippen LogP) is 3.46. The van der Waals surface area contributed by atoms with Crippen LogP contribution in [0.5, 0.6) is 0 Å². The Morgan fingerprint density at radius 1 is 1.38 bits per heavy atom. The number of rotatable bonds is 2. The van der Waals surface area contributed by atoms with Crippen LogP contribution < -0.4 is 0 Å². The third-order valence-electron chi connectivity index (χ3n) is 1.70. The maximum atomic E-state index is 12.5. The minimum Gasteiger partial charge on any atom is -0.296 e. The maximum absolute atomic E-state index is 12.5. The molecule has 0 aliphatic rings. The van der Waals surface area contributed by atoms with Gasteiger partial charge in [0.25, 0.3) is 6.43 Å².